The molecule has 1 aliphatic heterocycles. The maximum absolute atomic E-state index is 12.6. The van der Waals surface area contributed by atoms with Gasteiger partial charge in [-0.1, -0.05) is 12.1 Å². The van der Waals surface area contributed by atoms with Crippen molar-refractivity contribution in [1.29, 1.82) is 0 Å². The Morgan fingerprint density at radius 1 is 0.931 bits per heavy atom. The lowest BCUT2D eigenvalue weighted by atomic mass is 10.1. The Morgan fingerprint density at radius 3 is 2.31 bits per heavy atom. The quantitative estimate of drug-likeness (QED) is 0.743. The van der Waals surface area contributed by atoms with Crippen LogP contribution in [0.1, 0.15) is 16.8 Å². The monoisotopic (exact) mass is 391 g/mol. The molecule has 0 atom stereocenters. The summed E-state index contributed by atoms with van der Waals surface area (Å²) < 4.78 is 1.71. The summed E-state index contributed by atoms with van der Waals surface area (Å²) in [5.41, 5.74) is 3.99. The number of nitrogens with zero attached hydrogens (tertiary/aromatic N) is 6. The number of anilines is 2. The summed E-state index contributed by atoms with van der Waals surface area (Å²) >= 11 is 0. The van der Waals surface area contributed by atoms with Crippen molar-refractivity contribution in [3.05, 3.63) is 59.4 Å². The van der Waals surface area contributed by atoms with Crippen molar-refractivity contribution in [3.63, 3.8) is 0 Å². The second-order valence-electron chi connectivity index (χ2n) is 7.37. The van der Waals surface area contributed by atoms with Gasteiger partial charge in [-0.25, -0.2) is 9.48 Å². The number of piperazine rings is 1. The van der Waals surface area contributed by atoms with E-state index < -0.39 is 0 Å². The topological polar surface area (TPSA) is 79.2 Å². The van der Waals surface area contributed by atoms with Gasteiger partial charge in [-0.2, -0.15) is 5.10 Å². The number of aromatic nitrogens is 4. The molecular formula is C21H25N7O. The largest absolute Gasteiger partial charge is 0.352 e. The lowest BCUT2D eigenvalue weighted by Gasteiger charge is -2.35. The van der Waals surface area contributed by atoms with Crippen LogP contribution in [0.25, 0.3) is 5.82 Å². The first kappa shape index (κ1) is 18.9. The molecule has 0 unspecified atom stereocenters. The fraction of sp³-hybridized carbons (Fsp3) is 0.333. The van der Waals surface area contributed by atoms with Gasteiger partial charge in [0.1, 0.15) is 0 Å². The van der Waals surface area contributed by atoms with Crippen molar-refractivity contribution in [2.45, 2.75) is 20.8 Å². The molecule has 3 heterocycles. The number of amides is 2. The lowest BCUT2D eigenvalue weighted by Crippen LogP contribution is -2.50. The highest BCUT2D eigenvalue weighted by molar-refractivity contribution is 5.90. The normalized spacial score (nSPS) is 14.2. The molecule has 1 saturated heterocycles. The maximum Gasteiger partial charge on any atom is 0.321 e. The van der Waals surface area contributed by atoms with E-state index in [-0.39, 0.29) is 6.03 Å². The van der Waals surface area contributed by atoms with Crippen molar-refractivity contribution >= 4 is 17.5 Å². The number of nitrogens with one attached hydrogen (secondary N) is 1. The number of benzene rings is 1. The highest BCUT2D eigenvalue weighted by Crippen LogP contribution is 2.18. The van der Waals surface area contributed by atoms with E-state index in [4.69, 9.17) is 0 Å². The standard InChI is InChI=1S/C21H25N7O/c1-15-4-5-16(2)18(14-15)22-21(29)27-12-10-26(11-13-27)19-6-7-20(24-23-19)28-9-8-17(3)25-28/h4-9,14H,10-13H2,1-3H3,(H,22,29). The van der Waals surface area contributed by atoms with Crippen LogP contribution in [0, 0.1) is 20.8 Å². The number of rotatable bonds is 3. The second kappa shape index (κ2) is 7.90. The molecule has 29 heavy (non-hydrogen) atoms. The van der Waals surface area contributed by atoms with E-state index >= 15 is 0 Å². The Kier molecular flexibility index (Phi) is 5.16. The van der Waals surface area contributed by atoms with Gasteiger partial charge in [0.25, 0.3) is 0 Å². The molecule has 3 aromatic rings. The number of aryl methyl sites for hydroxylation is 3. The predicted octanol–water partition coefficient (Wildman–Crippen LogP) is 2.94. The molecule has 1 N–H and O–H groups in total. The molecule has 150 valence electrons. The third-order valence-electron chi connectivity index (χ3n) is 5.12. The van der Waals surface area contributed by atoms with E-state index in [0.29, 0.717) is 18.9 Å². The summed E-state index contributed by atoms with van der Waals surface area (Å²) in [4.78, 5) is 16.6. The van der Waals surface area contributed by atoms with E-state index in [1.54, 1.807) is 4.68 Å². The zero-order valence-corrected chi connectivity index (χ0v) is 17.0. The zero-order valence-electron chi connectivity index (χ0n) is 17.0. The van der Waals surface area contributed by atoms with Gasteiger partial charge < -0.3 is 15.1 Å². The van der Waals surface area contributed by atoms with Crippen molar-refractivity contribution in [2.75, 3.05) is 36.4 Å². The van der Waals surface area contributed by atoms with Crippen LogP contribution in [-0.2, 0) is 0 Å². The summed E-state index contributed by atoms with van der Waals surface area (Å²) in [5.74, 6) is 1.50. The van der Waals surface area contributed by atoms with Crippen LogP contribution in [0.4, 0.5) is 16.3 Å². The van der Waals surface area contributed by atoms with E-state index in [1.807, 2.05) is 68.3 Å². The van der Waals surface area contributed by atoms with Crippen LogP contribution in [0.3, 0.4) is 0 Å². The van der Waals surface area contributed by atoms with Crippen LogP contribution >= 0.6 is 0 Å². The summed E-state index contributed by atoms with van der Waals surface area (Å²) in [5, 5.41) is 16.0. The second-order valence-corrected chi connectivity index (χ2v) is 7.37. The Labute approximate surface area is 170 Å². The highest BCUT2D eigenvalue weighted by Gasteiger charge is 2.22. The Morgan fingerprint density at radius 2 is 1.66 bits per heavy atom. The van der Waals surface area contributed by atoms with Gasteiger partial charge in [-0.3, -0.25) is 0 Å². The van der Waals surface area contributed by atoms with Gasteiger partial charge in [0.2, 0.25) is 0 Å². The van der Waals surface area contributed by atoms with Gasteiger partial charge in [-0.05, 0) is 56.2 Å². The van der Waals surface area contributed by atoms with E-state index in [0.717, 1.165) is 41.4 Å². The van der Waals surface area contributed by atoms with Gasteiger partial charge in [-0.15, -0.1) is 10.2 Å². The Balaban J connectivity index is 1.35. The number of carbonyl (C=O) groups is 1. The molecule has 2 amide bonds. The number of hydrogen-bond donors (Lipinski definition) is 1. The first-order valence-corrected chi connectivity index (χ1v) is 9.74. The molecule has 1 aliphatic rings. The molecule has 0 aliphatic carbocycles. The van der Waals surface area contributed by atoms with E-state index in [9.17, 15) is 4.79 Å². The third kappa shape index (κ3) is 4.21. The van der Waals surface area contributed by atoms with Crippen LogP contribution in [0.5, 0.6) is 0 Å². The molecular weight excluding hydrogens is 366 g/mol. The lowest BCUT2D eigenvalue weighted by molar-refractivity contribution is 0.208. The first-order chi connectivity index (χ1) is 14.0. The van der Waals surface area contributed by atoms with Crippen LogP contribution < -0.4 is 10.2 Å². The van der Waals surface area contributed by atoms with Crippen LogP contribution in [0.2, 0.25) is 0 Å². The minimum atomic E-state index is -0.0613. The first-order valence-electron chi connectivity index (χ1n) is 9.74. The van der Waals surface area contributed by atoms with E-state index in [1.165, 1.54) is 0 Å². The van der Waals surface area contributed by atoms with Gasteiger partial charge in [0.15, 0.2) is 11.6 Å². The van der Waals surface area contributed by atoms with Gasteiger partial charge in [0.05, 0.1) is 5.69 Å². The molecule has 0 saturated carbocycles. The fourth-order valence-corrected chi connectivity index (χ4v) is 3.36. The van der Waals surface area contributed by atoms with Gasteiger partial charge >= 0.3 is 6.03 Å². The van der Waals surface area contributed by atoms with E-state index in [2.05, 4.69) is 25.5 Å². The molecule has 0 radical (unpaired) electrons. The summed E-state index contributed by atoms with van der Waals surface area (Å²) in [7, 11) is 0. The highest BCUT2D eigenvalue weighted by atomic mass is 16.2. The molecule has 4 rings (SSSR count). The van der Waals surface area contributed by atoms with Crippen molar-refractivity contribution < 1.29 is 4.79 Å². The molecule has 1 fully saturated rings. The number of hydrogen-bond acceptors (Lipinski definition) is 5. The van der Waals surface area contributed by atoms with Gasteiger partial charge in [0, 0.05) is 38.1 Å². The third-order valence-corrected chi connectivity index (χ3v) is 5.12. The minimum absolute atomic E-state index is 0.0613. The Hall–Kier alpha value is -3.42. The maximum atomic E-state index is 12.6. The molecule has 2 aromatic heterocycles. The molecule has 8 nitrogen and oxygen atoms in total. The average Bonchev–Trinajstić information content (AvgIpc) is 3.17. The van der Waals surface area contributed by atoms with Crippen molar-refractivity contribution in [1.82, 2.24) is 24.9 Å². The minimum Gasteiger partial charge on any atom is -0.352 e. The summed E-state index contributed by atoms with van der Waals surface area (Å²) in [6.45, 7) is 8.67. The molecule has 0 spiro atoms. The SMILES string of the molecule is Cc1ccc(C)c(NC(=O)N2CCN(c3ccc(-n4ccc(C)n4)nn3)CC2)c1. The summed E-state index contributed by atoms with van der Waals surface area (Å²) in [6.07, 6.45) is 1.87. The van der Waals surface area contributed by atoms with Crippen LogP contribution in [-0.4, -0.2) is 57.1 Å². The summed E-state index contributed by atoms with van der Waals surface area (Å²) in [6, 6.07) is 11.8. The predicted molar refractivity (Wildman–Crippen MR) is 113 cm³/mol. The number of urea groups is 1. The number of carbonyl (C=O) groups excluding carboxylic acids is 1. The zero-order chi connectivity index (χ0) is 20.4. The smallest absolute Gasteiger partial charge is 0.321 e. The molecule has 0 bridgehead atoms. The van der Waals surface area contributed by atoms with Crippen molar-refractivity contribution in [2.24, 2.45) is 0 Å². The van der Waals surface area contributed by atoms with Crippen molar-refractivity contribution in [3.8, 4) is 5.82 Å². The average molecular weight is 391 g/mol. The Bertz CT molecular complexity index is 1000. The van der Waals surface area contributed by atoms with Crippen LogP contribution in [0.15, 0.2) is 42.6 Å². The molecule has 1 aromatic carbocycles. The molecule has 8 heteroatoms. The fourth-order valence-electron chi connectivity index (χ4n) is 3.36.